The number of nitrogens with one attached hydrogen (secondary N) is 1. The number of benzene rings is 1. The van der Waals surface area contributed by atoms with Crippen LogP contribution < -0.4 is 10.1 Å². The van der Waals surface area contributed by atoms with Gasteiger partial charge in [0.15, 0.2) is 0 Å². The molecule has 0 heterocycles. The lowest BCUT2D eigenvalue weighted by molar-refractivity contribution is 0.0907. The second-order valence-corrected chi connectivity index (χ2v) is 5.62. The molecule has 0 radical (unpaired) electrons. The number of halogens is 1. The molecule has 1 saturated carbocycles. The van der Waals surface area contributed by atoms with Crippen LogP contribution in [-0.4, -0.2) is 19.1 Å². The van der Waals surface area contributed by atoms with Crippen molar-refractivity contribution < 1.29 is 9.53 Å². The second-order valence-electron chi connectivity index (χ2n) is 5.19. The molecule has 1 amide bonds. The predicted octanol–water partition coefficient (Wildman–Crippen LogP) is 3.66. The maximum Gasteiger partial charge on any atom is 0.255 e. The quantitative estimate of drug-likeness (QED) is 0.918. The molecule has 2 atom stereocenters. The highest BCUT2D eigenvalue weighted by atomic mass is 35.5. The van der Waals surface area contributed by atoms with E-state index < -0.39 is 0 Å². The molecule has 0 aliphatic heterocycles. The number of hydrogen-bond acceptors (Lipinski definition) is 2. The number of rotatable bonds is 3. The van der Waals surface area contributed by atoms with Crippen molar-refractivity contribution in [2.45, 2.75) is 38.6 Å². The van der Waals surface area contributed by atoms with Gasteiger partial charge in [-0.25, -0.2) is 0 Å². The van der Waals surface area contributed by atoms with E-state index in [0.29, 0.717) is 22.3 Å². The zero-order valence-electron chi connectivity index (χ0n) is 11.4. The van der Waals surface area contributed by atoms with Crippen LogP contribution in [0.3, 0.4) is 0 Å². The Labute approximate surface area is 119 Å². The highest BCUT2D eigenvalue weighted by Crippen LogP contribution is 2.26. The van der Waals surface area contributed by atoms with E-state index in [9.17, 15) is 4.79 Å². The predicted molar refractivity (Wildman–Crippen MR) is 76.9 cm³/mol. The van der Waals surface area contributed by atoms with E-state index in [1.807, 2.05) is 0 Å². The number of amides is 1. The van der Waals surface area contributed by atoms with Gasteiger partial charge in [-0.3, -0.25) is 4.79 Å². The summed E-state index contributed by atoms with van der Waals surface area (Å²) in [5.41, 5.74) is 0.507. The molecule has 1 aromatic carbocycles. The average molecular weight is 282 g/mol. The standard InChI is InChI=1S/C15H20ClNO2/c1-10-5-3-4-6-13(10)17-15(18)12-9-11(16)7-8-14(12)19-2/h7-10,13H,3-6H2,1-2H3,(H,17,18)/t10-,13+/m0/s1. The van der Waals surface area contributed by atoms with Gasteiger partial charge in [0.05, 0.1) is 12.7 Å². The lowest BCUT2D eigenvalue weighted by Gasteiger charge is -2.29. The fourth-order valence-electron chi connectivity index (χ4n) is 2.63. The van der Waals surface area contributed by atoms with Gasteiger partial charge in [-0.05, 0) is 37.0 Å². The Morgan fingerprint density at radius 2 is 2.11 bits per heavy atom. The number of carbonyl (C=O) groups is 1. The van der Waals surface area contributed by atoms with Crippen LogP contribution in [-0.2, 0) is 0 Å². The fraction of sp³-hybridized carbons (Fsp3) is 0.533. The first-order valence-electron chi connectivity index (χ1n) is 6.76. The third-order valence-corrected chi connectivity index (χ3v) is 4.07. The lowest BCUT2D eigenvalue weighted by atomic mass is 9.86. The van der Waals surface area contributed by atoms with E-state index in [2.05, 4.69) is 12.2 Å². The molecular formula is C15H20ClNO2. The molecular weight excluding hydrogens is 262 g/mol. The summed E-state index contributed by atoms with van der Waals surface area (Å²) < 4.78 is 5.22. The average Bonchev–Trinajstić information content (AvgIpc) is 2.41. The minimum absolute atomic E-state index is 0.0990. The van der Waals surface area contributed by atoms with Crippen molar-refractivity contribution in [2.75, 3.05) is 7.11 Å². The van der Waals surface area contributed by atoms with Crippen LogP contribution in [0.1, 0.15) is 43.0 Å². The van der Waals surface area contributed by atoms with Crippen molar-refractivity contribution in [2.24, 2.45) is 5.92 Å². The number of ether oxygens (including phenoxy) is 1. The maximum absolute atomic E-state index is 12.3. The van der Waals surface area contributed by atoms with E-state index in [-0.39, 0.29) is 11.9 Å². The Balaban J connectivity index is 2.13. The van der Waals surface area contributed by atoms with Gasteiger partial charge in [0, 0.05) is 11.1 Å². The Bertz CT molecular complexity index is 461. The summed E-state index contributed by atoms with van der Waals surface area (Å²) in [6.07, 6.45) is 4.67. The van der Waals surface area contributed by atoms with Crippen molar-refractivity contribution in [3.63, 3.8) is 0 Å². The van der Waals surface area contributed by atoms with E-state index in [0.717, 1.165) is 6.42 Å². The summed E-state index contributed by atoms with van der Waals surface area (Å²) in [5, 5.41) is 3.65. The smallest absolute Gasteiger partial charge is 0.255 e. The van der Waals surface area contributed by atoms with Crippen LogP contribution in [0.5, 0.6) is 5.75 Å². The SMILES string of the molecule is COc1ccc(Cl)cc1C(=O)N[C@@H]1CCCC[C@@H]1C. The molecule has 0 saturated heterocycles. The van der Waals surface area contributed by atoms with Gasteiger partial charge in [-0.15, -0.1) is 0 Å². The Hall–Kier alpha value is -1.22. The molecule has 1 N–H and O–H groups in total. The molecule has 19 heavy (non-hydrogen) atoms. The maximum atomic E-state index is 12.3. The van der Waals surface area contributed by atoms with Crippen LogP contribution in [0, 0.1) is 5.92 Å². The minimum Gasteiger partial charge on any atom is -0.496 e. The summed E-state index contributed by atoms with van der Waals surface area (Å²) in [6, 6.07) is 5.36. The first-order chi connectivity index (χ1) is 9.11. The number of carbonyl (C=O) groups excluding carboxylic acids is 1. The van der Waals surface area contributed by atoms with Gasteiger partial charge in [0.1, 0.15) is 5.75 Å². The topological polar surface area (TPSA) is 38.3 Å². The van der Waals surface area contributed by atoms with Gasteiger partial charge < -0.3 is 10.1 Å². The highest BCUT2D eigenvalue weighted by molar-refractivity contribution is 6.31. The molecule has 104 valence electrons. The van der Waals surface area contributed by atoms with E-state index >= 15 is 0 Å². The van der Waals surface area contributed by atoms with Crippen LogP contribution in [0.4, 0.5) is 0 Å². The minimum atomic E-state index is -0.0990. The Kier molecular flexibility index (Phi) is 4.70. The highest BCUT2D eigenvalue weighted by Gasteiger charge is 2.24. The van der Waals surface area contributed by atoms with Crippen LogP contribution in [0.2, 0.25) is 5.02 Å². The van der Waals surface area contributed by atoms with Crippen LogP contribution in [0.15, 0.2) is 18.2 Å². The summed E-state index contributed by atoms with van der Waals surface area (Å²) >= 11 is 5.95. The zero-order chi connectivity index (χ0) is 13.8. The lowest BCUT2D eigenvalue weighted by Crippen LogP contribution is -2.41. The van der Waals surface area contributed by atoms with Gasteiger partial charge in [0.2, 0.25) is 0 Å². The monoisotopic (exact) mass is 281 g/mol. The van der Waals surface area contributed by atoms with Crippen LogP contribution >= 0.6 is 11.6 Å². The van der Waals surface area contributed by atoms with Gasteiger partial charge in [0.25, 0.3) is 5.91 Å². The third-order valence-electron chi connectivity index (χ3n) is 3.83. The normalized spacial score (nSPS) is 22.9. The Morgan fingerprint density at radius 3 is 2.79 bits per heavy atom. The van der Waals surface area contributed by atoms with E-state index in [4.69, 9.17) is 16.3 Å². The zero-order valence-corrected chi connectivity index (χ0v) is 12.2. The van der Waals surface area contributed by atoms with Crippen molar-refractivity contribution in [3.05, 3.63) is 28.8 Å². The van der Waals surface area contributed by atoms with Crippen molar-refractivity contribution >= 4 is 17.5 Å². The van der Waals surface area contributed by atoms with E-state index in [1.165, 1.54) is 19.3 Å². The fourth-order valence-corrected chi connectivity index (χ4v) is 2.81. The largest absolute Gasteiger partial charge is 0.496 e. The molecule has 3 nitrogen and oxygen atoms in total. The summed E-state index contributed by atoms with van der Waals surface area (Å²) in [4.78, 5) is 12.3. The van der Waals surface area contributed by atoms with Crippen molar-refractivity contribution in [1.29, 1.82) is 0 Å². The number of methoxy groups -OCH3 is 1. The molecule has 1 aromatic rings. The molecule has 0 aromatic heterocycles. The molecule has 1 aliphatic rings. The summed E-state index contributed by atoms with van der Waals surface area (Å²) in [5.74, 6) is 0.992. The first-order valence-corrected chi connectivity index (χ1v) is 7.14. The molecule has 2 rings (SSSR count). The molecule has 4 heteroatoms. The first kappa shape index (κ1) is 14.2. The van der Waals surface area contributed by atoms with Crippen molar-refractivity contribution in [3.8, 4) is 5.75 Å². The summed E-state index contributed by atoms with van der Waals surface area (Å²) in [6.45, 7) is 2.19. The van der Waals surface area contributed by atoms with Gasteiger partial charge in [-0.1, -0.05) is 31.4 Å². The second kappa shape index (κ2) is 6.29. The van der Waals surface area contributed by atoms with Crippen molar-refractivity contribution in [1.82, 2.24) is 5.32 Å². The molecule has 0 bridgehead atoms. The van der Waals surface area contributed by atoms with Gasteiger partial charge in [-0.2, -0.15) is 0 Å². The molecule has 0 unspecified atom stereocenters. The van der Waals surface area contributed by atoms with Gasteiger partial charge >= 0.3 is 0 Å². The molecule has 1 fully saturated rings. The Morgan fingerprint density at radius 1 is 1.37 bits per heavy atom. The summed E-state index contributed by atoms with van der Waals surface area (Å²) in [7, 11) is 1.56. The number of hydrogen-bond donors (Lipinski definition) is 1. The van der Waals surface area contributed by atoms with E-state index in [1.54, 1.807) is 25.3 Å². The molecule has 0 spiro atoms. The third kappa shape index (κ3) is 3.41. The van der Waals surface area contributed by atoms with Crippen LogP contribution in [0.25, 0.3) is 0 Å². The molecule has 1 aliphatic carbocycles.